The zero-order valence-corrected chi connectivity index (χ0v) is 15.8. The molecule has 0 unspecified atom stereocenters. The number of aliphatic hydroxyl groups excluding tert-OH is 1. The molecule has 0 fully saturated rings. The molecule has 2 N–H and O–H groups in total. The molecule has 0 amide bonds. The Morgan fingerprint density at radius 3 is 2.75 bits per heavy atom. The molecule has 0 spiro atoms. The van der Waals surface area contributed by atoms with Gasteiger partial charge in [-0.15, -0.1) is 0 Å². The Labute approximate surface area is 164 Å². The Morgan fingerprint density at radius 2 is 1.96 bits per heavy atom. The second kappa shape index (κ2) is 7.73. The summed E-state index contributed by atoms with van der Waals surface area (Å²) in [6.07, 6.45) is 2.59. The second-order valence-corrected chi connectivity index (χ2v) is 7.30. The highest BCUT2D eigenvalue weighted by Crippen LogP contribution is 2.19. The van der Waals surface area contributed by atoms with E-state index in [4.69, 9.17) is 16.1 Å². The molecule has 146 valence electrons. The molecule has 0 saturated heterocycles. The van der Waals surface area contributed by atoms with E-state index in [1.807, 2.05) is 0 Å². The van der Waals surface area contributed by atoms with Gasteiger partial charge in [-0.1, -0.05) is 28.9 Å². The Kier molecular flexibility index (Phi) is 5.15. The first-order valence-corrected chi connectivity index (χ1v) is 9.49. The molecular formula is C19H19ClN4O4. The number of benzene rings is 1. The molecule has 8 nitrogen and oxygen atoms in total. The number of nitrogens with zero attached hydrogens (tertiary/aromatic N) is 3. The van der Waals surface area contributed by atoms with Crippen LogP contribution in [0.15, 0.2) is 38.4 Å². The molecule has 0 saturated carbocycles. The van der Waals surface area contributed by atoms with Gasteiger partial charge in [0.15, 0.2) is 5.82 Å². The normalized spacial score (nSPS) is 14.6. The number of hydrogen-bond acceptors (Lipinski definition) is 6. The van der Waals surface area contributed by atoms with Gasteiger partial charge in [-0.05, 0) is 43.4 Å². The average molecular weight is 403 g/mol. The lowest BCUT2D eigenvalue weighted by molar-refractivity contribution is 0.174. The molecule has 9 heteroatoms. The molecule has 3 aromatic rings. The Morgan fingerprint density at radius 1 is 1.21 bits per heavy atom. The van der Waals surface area contributed by atoms with Crippen LogP contribution in [-0.2, 0) is 25.8 Å². The van der Waals surface area contributed by atoms with Crippen molar-refractivity contribution in [1.82, 2.24) is 19.7 Å². The molecule has 1 aliphatic carbocycles. The number of aliphatic hydroxyl groups is 1. The van der Waals surface area contributed by atoms with E-state index in [0.717, 1.165) is 23.1 Å². The Hall–Kier alpha value is -2.71. The summed E-state index contributed by atoms with van der Waals surface area (Å²) in [5, 5.41) is 14.7. The third-order valence-electron chi connectivity index (χ3n) is 4.91. The van der Waals surface area contributed by atoms with Crippen molar-refractivity contribution >= 4 is 11.6 Å². The third kappa shape index (κ3) is 3.79. The summed E-state index contributed by atoms with van der Waals surface area (Å²) in [5.41, 5.74) is 1.28. The largest absolute Gasteiger partial charge is 0.388 e. The minimum Gasteiger partial charge on any atom is -0.388 e. The number of aromatic amines is 1. The number of hydrogen-bond donors (Lipinski definition) is 2. The van der Waals surface area contributed by atoms with Gasteiger partial charge in [-0.2, -0.15) is 4.98 Å². The highest BCUT2D eigenvalue weighted by molar-refractivity contribution is 6.30. The molecule has 4 rings (SSSR count). The van der Waals surface area contributed by atoms with E-state index in [2.05, 4.69) is 15.1 Å². The number of fused-ring (bicyclic) bond motifs is 1. The van der Waals surface area contributed by atoms with Gasteiger partial charge in [0.2, 0.25) is 5.89 Å². The lowest BCUT2D eigenvalue weighted by atomic mass is 9.97. The van der Waals surface area contributed by atoms with E-state index in [1.54, 1.807) is 24.3 Å². The van der Waals surface area contributed by atoms with E-state index >= 15 is 0 Å². The maximum Gasteiger partial charge on any atom is 0.329 e. The number of aryl methyl sites for hydroxylation is 1. The summed E-state index contributed by atoms with van der Waals surface area (Å²) in [6.45, 7) is -0.106. The highest BCUT2D eigenvalue weighted by atomic mass is 35.5. The van der Waals surface area contributed by atoms with Crippen LogP contribution in [0.5, 0.6) is 0 Å². The van der Waals surface area contributed by atoms with Crippen molar-refractivity contribution in [1.29, 1.82) is 0 Å². The first-order chi connectivity index (χ1) is 13.5. The van der Waals surface area contributed by atoms with Crippen LogP contribution >= 0.6 is 11.6 Å². The van der Waals surface area contributed by atoms with Gasteiger partial charge in [0.25, 0.3) is 5.56 Å². The van der Waals surface area contributed by atoms with Crippen LogP contribution in [0.2, 0.25) is 5.02 Å². The van der Waals surface area contributed by atoms with Crippen molar-refractivity contribution in [2.75, 3.05) is 0 Å². The molecule has 1 atom stereocenters. The van der Waals surface area contributed by atoms with Gasteiger partial charge in [0.1, 0.15) is 6.54 Å². The number of nitrogens with one attached hydrogen (secondary N) is 1. The monoisotopic (exact) mass is 402 g/mol. The molecule has 1 aromatic carbocycles. The molecule has 0 radical (unpaired) electrons. The molecule has 0 bridgehead atoms. The van der Waals surface area contributed by atoms with Crippen molar-refractivity contribution in [3.63, 3.8) is 0 Å². The topological polar surface area (TPSA) is 114 Å². The van der Waals surface area contributed by atoms with Gasteiger partial charge >= 0.3 is 5.69 Å². The van der Waals surface area contributed by atoms with E-state index in [1.165, 1.54) is 0 Å². The van der Waals surface area contributed by atoms with Crippen molar-refractivity contribution in [3.05, 3.63) is 78.7 Å². The second-order valence-electron chi connectivity index (χ2n) is 6.86. The van der Waals surface area contributed by atoms with E-state index in [9.17, 15) is 14.7 Å². The fourth-order valence-corrected chi connectivity index (χ4v) is 3.55. The predicted octanol–water partition coefficient (Wildman–Crippen LogP) is 1.78. The number of rotatable bonds is 5. The predicted molar refractivity (Wildman–Crippen MR) is 101 cm³/mol. The zero-order chi connectivity index (χ0) is 19.7. The minimum absolute atomic E-state index is 0.106. The number of aromatic nitrogens is 4. The SMILES string of the molecule is O=c1[nH]c2c(c(=O)n1Cc1nc(C[C@H](O)c3ccc(Cl)cc3)no1)CCCC2. The Balaban J connectivity index is 1.52. The molecule has 1 aliphatic rings. The summed E-state index contributed by atoms with van der Waals surface area (Å²) in [6, 6.07) is 6.83. The smallest absolute Gasteiger partial charge is 0.329 e. The summed E-state index contributed by atoms with van der Waals surface area (Å²) >= 11 is 5.85. The van der Waals surface area contributed by atoms with Crippen molar-refractivity contribution in [2.45, 2.75) is 44.8 Å². The molecule has 2 aromatic heterocycles. The quantitative estimate of drug-likeness (QED) is 0.672. The first kappa shape index (κ1) is 18.6. The summed E-state index contributed by atoms with van der Waals surface area (Å²) in [4.78, 5) is 31.9. The number of H-pyrrole nitrogens is 1. The van der Waals surface area contributed by atoms with Gasteiger partial charge in [0, 0.05) is 22.7 Å². The van der Waals surface area contributed by atoms with Crippen molar-refractivity contribution in [3.8, 4) is 0 Å². The van der Waals surface area contributed by atoms with Crippen LogP contribution < -0.4 is 11.2 Å². The molecule has 28 heavy (non-hydrogen) atoms. The molecule has 2 heterocycles. The average Bonchev–Trinajstić information content (AvgIpc) is 3.12. The molecule has 0 aliphatic heterocycles. The number of halogens is 1. The van der Waals surface area contributed by atoms with Crippen LogP contribution in [0.3, 0.4) is 0 Å². The van der Waals surface area contributed by atoms with E-state index in [0.29, 0.717) is 34.8 Å². The summed E-state index contributed by atoms with van der Waals surface area (Å²) in [7, 11) is 0. The summed E-state index contributed by atoms with van der Waals surface area (Å²) < 4.78 is 6.25. The van der Waals surface area contributed by atoms with Crippen molar-refractivity contribution in [2.24, 2.45) is 0 Å². The van der Waals surface area contributed by atoms with E-state index in [-0.39, 0.29) is 24.4 Å². The maximum atomic E-state index is 12.6. The van der Waals surface area contributed by atoms with Crippen LogP contribution in [0.25, 0.3) is 0 Å². The summed E-state index contributed by atoms with van der Waals surface area (Å²) in [5.74, 6) is 0.432. The van der Waals surface area contributed by atoms with Crippen LogP contribution in [-0.4, -0.2) is 24.8 Å². The highest BCUT2D eigenvalue weighted by Gasteiger charge is 2.19. The fourth-order valence-electron chi connectivity index (χ4n) is 3.42. The molecular weight excluding hydrogens is 384 g/mol. The van der Waals surface area contributed by atoms with Gasteiger partial charge < -0.3 is 14.6 Å². The zero-order valence-electron chi connectivity index (χ0n) is 15.0. The van der Waals surface area contributed by atoms with Crippen LogP contribution in [0, 0.1) is 0 Å². The van der Waals surface area contributed by atoms with Crippen LogP contribution in [0.4, 0.5) is 0 Å². The fraction of sp³-hybridized carbons (Fsp3) is 0.368. The van der Waals surface area contributed by atoms with Crippen LogP contribution in [0.1, 0.15) is 47.5 Å². The first-order valence-electron chi connectivity index (χ1n) is 9.11. The van der Waals surface area contributed by atoms with Gasteiger partial charge in [0.05, 0.1) is 6.10 Å². The van der Waals surface area contributed by atoms with Gasteiger partial charge in [-0.25, -0.2) is 4.79 Å². The minimum atomic E-state index is -0.822. The third-order valence-corrected chi connectivity index (χ3v) is 5.16. The maximum absolute atomic E-state index is 12.6. The van der Waals surface area contributed by atoms with Gasteiger partial charge in [-0.3, -0.25) is 9.36 Å². The van der Waals surface area contributed by atoms with E-state index < -0.39 is 11.8 Å². The van der Waals surface area contributed by atoms with Crippen molar-refractivity contribution < 1.29 is 9.63 Å². The Bertz CT molecular complexity index is 1100. The lowest BCUT2D eigenvalue weighted by Crippen LogP contribution is -2.39. The lowest BCUT2D eigenvalue weighted by Gasteiger charge is -2.15. The standard InChI is InChI=1S/C19H19ClN4O4/c20-12-7-5-11(6-8-12)15(25)9-16-22-17(28-23-16)10-24-18(26)13-3-1-2-4-14(13)21-19(24)27/h5-8,15,25H,1-4,9-10H2,(H,21,27)/t15-/m0/s1.